The molecule has 41 heavy (non-hydrogen) atoms. The number of hydrogen-bond donors (Lipinski definition) is 1. The number of carbonyl (C=O) groups is 1. The summed E-state index contributed by atoms with van der Waals surface area (Å²) in [6.45, 7) is 4.53. The Labute approximate surface area is 237 Å². The molecular formula is C29H23ClF3N5O3. The van der Waals surface area contributed by atoms with Crippen LogP contribution in [0.5, 0.6) is 0 Å². The molecule has 5 aromatic rings. The largest absolute Gasteiger partial charge is 0.416 e. The molecule has 8 nitrogen and oxygen atoms in total. The van der Waals surface area contributed by atoms with Gasteiger partial charge in [0.2, 0.25) is 5.78 Å². The minimum absolute atomic E-state index is 0.0745. The maximum absolute atomic E-state index is 14.3. The second-order valence-corrected chi connectivity index (χ2v) is 10.3. The number of nitrogens with zero attached hydrogens (tertiary/aromatic N) is 5. The monoisotopic (exact) mass is 581 g/mol. The highest BCUT2D eigenvalue weighted by molar-refractivity contribution is 6.33. The number of carbonyl (C=O) groups excluding carboxylic acids is 1. The van der Waals surface area contributed by atoms with Crippen molar-refractivity contribution < 1.29 is 27.6 Å². The van der Waals surface area contributed by atoms with E-state index in [1.807, 2.05) is 0 Å². The summed E-state index contributed by atoms with van der Waals surface area (Å²) in [5.41, 5.74) is -1.21. The molecule has 0 saturated heterocycles. The average molecular weight is 582 g/mol. The van der Waals surface area contributed by atoms with Gasteiger partial charge in [0.25, 0.3) is 0 Å². The molecule has 12 heteroatoms. The molecule has 2 aromatic carbocycles. The van der Waals surface area contributed by atoms with Crippen LogP contribution in [0, 0.1) is 0 Å². The van der Waals surface area contributed by atoms with Crippen molar-refractivity contribution in [3.8, 4) is 22.5 Å². The molecule has 3 heterocycles. The van der Waals surface area contributed by atoms with E-state index in [1.54, 1.807) is 43.3 Å². The van der Waals surface area contributed by atoms with Crippen molar-refractivity contribution in [1.82, 2.24) is 25.1 Å². The number of ketones is 1. The van der Waals surface area contributed by atoms with Crippen molar-refractivity contribution in [2.75, 3.05) is 0 Å². The molecular weight excluding hydrogens is 559 g/mol. The van der Waals surface area contributed by atoms with Crippen molar-refractivity contribution in [1.29, 1.82) is 0 Å². The van der Waals surface area contributed by atoms with Crippen LogP contribution in [0.4, 0.5) is 13.2 Å². The van der Waals surface area contributed by atoms with Crippen LogP contribution in [0.25, 0.3) is 22.5 Å². The number of aliphatic hydroxyl groups is 1. The van der Waals surface area contributed by atoms with Crippen molar-refractivity contribution in [2.24, 2.45) is 0 Å². The summed E-state index contributed by atoms with van der Waals surface area (Å²) >= 11 is 6.41. The fourth-order valence-electron chi connectivity index (χ4n) is 4.48. The van der Waals surface area contributed by atoms with E-state index in [0.717, 1.165) is 12.1 Å². The summed E-state index contributed by atoms with van der Waals surface area (Å²) in [6, 6.07) is 14.1. The number of benzene rings is 2. The Morgan fingerprint density at radius 1 is 1.07 bits per heavy atom. The third kappa shape index (κ3) is 5.38. The Kier molecular flexibility index (Phi) is 7.26. The third-order valence-electron chi connectivity index (χ3n) is 6.51. The van der Waals surface area contributed by atoms with Gasteiger partial charge in [0.1, 0.15) is 17.0 Å². The molecule has 1 atom stereocenters. The molecule has 0 bridgehead atoms. The molecule has 0 amide bonds. The molecule has 1 N–H and O–H groups in total. The second-order valence-electron chi connectivity index (χ2n) is 9.88. The van der Waals surface area contributed by atoms with E-state index in [-0.39, 0.29) is 28.4 Å². The fourth-order valence-corrected chi connectivity index (χ4v) is 4.70. The molecule has 0 aliphatic heterocycles. The summed E-state index contributed by atoms with van der Waals surface area (Å²) in [5.74, 6) is -0.797. The van der Waals surface area contributed by atoms with Gasteiger partial charge in [0.15, 0.2) is 11.5 Å². The van der Waals surface area contributed by atoms with E-state index in [1.165, 1.54) is 43.1 Å². The first-order chi connectivity index (χ1) is 19.4. The Bertz CT molecular complexity index is 1730. The van der Waals surface area contributed by atoms with Crippen molar-refractivity contribution >= 4 is 17.4 Å². The first-order valence-electron chi connectivity index (χ1n) is 12.4. The fraction of sp³-hybridized carbons (Fsp3) is 0.207. The number of rotatable bonds is 7. The van der Waals surface area contributed by atoms with Gasteiger partial charge in [-0.2, -0.15) is 13.2 Å². The summed E-state index contributed by atoms with van der Waals surface area (Å²) in [4.78, 5) is 18.4. The standard InChI is InChI=1S/C29H23ClF3N5O3/c1-16(17-8-6-10-19(14-17)29(31,32)33)38-25(18-9-7-13-34-15-18)24(35-37-38)26(39)22-23(20-11-4-5-12-21(20)30)36-41-27(22)28(2,3)40/h4-16,40H,1-3H3. The van der Waals surface area contributed by atoms with Gasteiger partial charge < -0.3 is 9.63 Å². The maximum Gasteiger partial charge on any atom is 0.416 e. The van der Waals surface area contributed by atoms with Crippen LogP contribution in [-0.4, -0.2) is 36.0 Å². The van der Waals surface area contributed by atoms with Crippen molar-refractivity contribution in [3.63, 3.8) is 0 Å². The molecule has 0 radical (unpaired) electrons. The Morgan fingerprint density at radius 2 is 1.83 bits per heavy atom. The molecule has 0 spiro atoms. The number of halogens is 4. The molecule has 0 aliphatic rings. The van der Waals surface area contributed by atoms with Gasteiger partial charge >= 0.3 is 6.18 Å². The summed E-state index contributed by atoms with van der Waals surface area (Å²) in [6.07, 6.45) is -1.51. The molecule has 210 valence electrons. The lowest BCUT2D eigenvalue weighted by atomic mass is 9.93. The van der Waals surface area contributed by atoms with Crippen LogP contribution in [0.2, 0.25) is 5.02 Å². The number of pyridine rings is 1. The smallest absolute Gasteiger partial charge is 0.382 e. The highest BCUT2D eigenvalue weighted by atomic mass is 35.5. The predicted molar refractivity (Wildman–Crippen MR) is 144 cm³/mol. The molecule has 0 saturated carbocycles. The number of alkyl halides is 3. The van der Waals surface area contributed by atoms with E-state index < -0.39 is 29.2 Å². The van der Waals surface area contributed by atoms with Crippen LogP contribution in [-0.2, 0) is 11.8 Å². The van der Waals surface area contributed by atoms with Gasteiger partial charge in [-0.3, -0.25) is 9.78 Å². The van der Waals surface area contributed by atoms with Crippen LogP contribution >= 0.6 is 11.6 Å². The topological polar surface area (TPSA) is 107 Å². The van der Waals surface area contributed by atoms with Crippen LogP contribution in [0.3, 0.4) is 0 Å². The van der Waals surface area contributed by atoms with E-state index >= 15 is 0 Å². The molecule has 1 unspecified atom stereocenters. The Balaban J connectivity index is 1.71. The van der Waals surface area contributed by atoms with Crippen LogP contribution in [0.15, 0.2) is 77.6 Å². The molecule has 0 aliphatic carbocycles. The van der Waals surface area contributed by atoms with Crippen LogP contribution in [0.1, 0.15) is 59.8 Å². The summed E-state index contributed by atoms with van der Waals surface area (Å²) in [7, 11) is 0. The zero-order valence-electron chi connectivity index (χ0n) is 22.0. The van der Waals surface area contributed by atoms with Gasteiger partial charge in [0.05, 0.1) is 22.2 Å². The second kappa shape index (κ2) is 10.6. The lowest BCUT2D eigenvalue weighted by molar-refractivity contribution is -0.137. The van der Waals surface area contributed by atoms with E-state index in [2.05, 4.69) is 20.5 Å². The highest BCUT2D eigenvalue weighted by Gasteiger charge is 2.37. The van der Waals surface area contributed by atoms with E-state index in [9.17, 15) is 23.1 Å². The highest BCUT2D eigenvalue weighted by Crippen LogP contribution is 2.38. The maximum atomic E-state index is 14.3. The van der Waals surface area contributed by atoms with Crippen LogP contribution < -0.4 is 0 Å². The predicted octanol–water partition coefficient (Wildman–Crippen LogP) is 6.74. The normalized spacial score (nSPS) is 12.9. The molecule has 0 fully saturated rings. The zero-order chi connectivity index (χ0) is 29.5. The first kappa shape index (κ1) is 28.2. The minimum Gasteiger partial charge on any atom is -0.382 e. The van der Waals surface area contributed by atoms with Gasteiger partial charge in [0, 0.05) is 23.5 Å². The number of hydrogen-bond acceptors (Lipinski definition) is 7. The Hall–Kier alpha value is -4.35. The van der Waals surface area contributed by atoms with Crippen molar-refractivity contribution in [2.45, 2.75) is 38.6 Å². The SMILES string of the molecule is CC(c1cccc(C(F)(F)F)c1)n1nnc(C(=O)c2c(-c3ccccc3Cl)noc2C(C)(C)O)c1-c1cccnc1. The third-order valence-corrected chi connectivity index (χ3v) is 6.84. The zero-order valence-corrected chi connectivity index (χ0v) is 22.8. The summed E-state index contributed by atoms with van der Waals surface area (Å²) in [5, 5.41) is 23.6. The molecule has 3 aromatic heterocycles. The average Bonchev–Trinajstić information content (AvgIpc) is 3.58. The Morgan fingerprint density at radius 3 is 2.49 bits per heavy atom. The minimum atomic E-state index is -4.54. The van der Waals surface area contributed by atoms with Gasteiger partial charge in [-0.1, -0.05) is 52.3 Å². The van der Waals surface area contributed by atoms with E-state index in [0.29, 0.717) is 21.7 Å². The molecule has 5 rings (SSSR count). The number of aromatic nitrogens is 5. The van der Waals surface area contributed by atoms with Crippen molar-refractivity contribution in [3.05, 3.63) is 106 Å². The lowest BCUT2D eigenvalue weighted by Crippen LogP contribution is -2.20. The van der Waals surface area contributed by atoms with Gasteiger partial charge in [-0.05, 0) is 56.7 Å². The van der Waals surface area contributed by atoms with E-state index in [4.69, 9.17) is 16.1 Å². The van der Waals surface area contributed by atoms with Gasteiger partial charge in [-0.25, -0.2) is 4.68 Å². The summed E-state index contributed by atoms with van der Waals surface area (Å²) < 4.78 is 47.2. The quantitative estimate of drug-likeness (QED) is 0.212. The van der Waals surface area contributed by atoms with Gasteiger partial charge in [-0.15, -0.1) is 5.10 Å². The first-order valence-corrected chi connectivity index (χ1v) is 12.8. The lowest BCUT2D eigenvalue weighted by Gasteiger charge is -2.18.